The summed E-state index contributed by atoms with van der Waals surface area (Å²) in [5.41, 5.74) is 5.54. The molecule has 1 aromatic carbocycles. The fraction of sp³-hybridized carbons (Fsp3) is 0.167. The molecule has 0 aliphatic heterocycles. The summed E-state index contributed by atoms with van der Waals surface area (Å²) in [4.78, 5) is -0.444. The van der Waals surface area contributed by atoms with E-state index in [0.717, 1.165) is 12.1 Å². The Labute approximate surface area is 110 Å². The number of nitrogens with two attached hydrogens (primary N) is 1. The van der Waals surface area contributed by atoms with E-state index >= 15 is 0 Å². The lowest BCUT2D eigenvalue weighted by molar-refractivity contribution is 0.458. The van der Waals surface area contributed by atoms with Gasteiger partial charge >= 0.3 is 0 Å². The predicted octanol–water partition coefficient (Wildman–Crippen LogP) is 2.04. The molecule has 0 bridgehead atoms. The SMILES string of the molecule is CC(NS(=O)(=O)c1ccc(N)cc1F)c1ccco1. The van der Waals surface area contributed by atoms with Crippen molar-refractivity contribution in [1.82, 2.24) is 4.72 Å². The largest absolute Gasteiger partial charge is 0.468 e. The van der Waals surface area contributed by atoms with Crippen LogP contribution in [0.15, 0.2) is 45.9 Å². The second kappa shape index (κ2) is 5.02. The Hall–Kier alpha value is -1.86. The quantitative estimate of drug-likeness (QED) is 0.841. The molecule has 0 aliphatic rings. The Balaban J connectivity index is 2.28. The summed E-state index contributed by atoms with van der Waals surface area (Å²) in [6.45, 7) is 1.60. The Morgan fingerprint density at radius 1 is 1.37 bits per heavy atom. The van der Waals surface area contributed by atoms with Crippen LogP contribution in [0.2, 0.25) is 0 Å². The van der Waals surface area contributed by atoms with Crippen molar-refractivity contribution < 1.29 is 17.2 Å². The zero-order valence-corrected chi connectivity index (χ0v) is 10.9. The standard InChI is InChI=1S/C12H13FN2O3S/c1-8(11-3-2-6-18-11)15-19(16,17)12-5-4-9(14)7-10(12)13/h2-8,15H,14H2,1H3. The van der Waals surface area contributed by atoms with Gasteiger partial charge in [0, 0.05) is 5.69 Å². The molecule has 5 nitrogen and oxygen atoms in total. The first-order chi connectivity index (χ1) is 8.90. The van der Waals surface area contributed by atoms with Gasteiger partial charge in [-0.2, -0.15) is 0 Å². The van der Waals surface area contributed by atoms with Crippen LogP contribution >= 0.6 is 0 Å². The molecule has 2 aromatic rings. The summed E-state index contributed by atoms with van der Waals surface area (Å²) in [6, 6.07) is 6.09. The monoisotopic (exact) mass is 284 g/mol. The molecule has 1 unspecified atom stereocenters. The molecule has 19 heavy (non-hydrogen) atoms. The van der Waals surface area contributed by atoms with Crippen LogP contribution < -0.4 is 10.5 Å². The topological polar surface area (TPSA) is 85.3 Å². The van der Waals surface area contributed by atoms with Crippen molar-refractivity contribution in [3.8, 4) is 0 Å². The number of nitrogens with one attached hydrogen (secondary N) is 1. The summed E-state index contributed by atoms with van der Waals surface area (Å²) in [6.07, 6.45) is 1.43. The van der Waals surface area contributed by atoms with Gasteiger partial charge in [0.2, 0.25) is 10.0 Å². The molecule has 102 valence electrons. The highest BCUT2D eigenvalue weighted by atomic mass is 32.2. The third kappa shape index (κ3) is 2.94. The number of benzene rings is 1. The van der Waals surface area contributed by atoms with E-state index in [1.54, 1.807) is 19.1 Å². The van der Waals surface area contributed by atoms with Gasteiger partial charge in [-0.1, -0.05) is 0 Å². The first-order valence-electron chi connectivity index (χ1n) is 5.51. The Morgan fingerprint density at radius 2 is 2.11 bits per heavy atom. The molecular formula is C12H13FN2O3S. The molecule has 0 fully saturated rings. The average Bonchev–Trinajstić information content (AvgIpc) is 2.80. The highest BCUT2D eigenvalue weighted by Gasteiger charge is 2.23. The molecule has 0 radical (unpaired) electrons. The van der Waals surface area contributed by atoms with Gasteiger partial charge in [-0.25, -0.2) is 17.5 Å². The molecule has 3 N–H and O–H groups in total. The molecule has 0 aliphatic carbocycles. The van der Waals surface area contributed by atoms with Gasteiger partial charge in [-0.05, 0) is 37.3 Å². The molecule has 0 amide bonds. The van der Waals surface area contributed by atoms with Crippen molar-refractivity contribution in [3.63, 3.8) is 0 Å². The van der Waals surface area contributed by atoms with Crippen molar-refractivity contribution in [3.05, 3.63) is 48.2 Å². The van der Waals surface area contributed by atoms with Crippen LogP contribution in [0.5, 0.6) is 0 Å². The molecule has 0 saturated heterocycles. The zero-order valence-electron chi connectivity index (χ0n) is 10.1. The number of anilines is 1. The van der Waals surface area contributed by atoms with E-state index in [1.165, 1.54) is 12.3 Å². The van der Waals surface area contributed by atoms with Crippen molar-refractivity contribution in [1.29, 1.82) is 0 Å². The van der Waals surface area contributed by atoms with Crippen LogP contribution in [0.4, 0.5) is 10.1 Å². The lowest BCUT2D eigenvalue weighted by Gasteiger charge is -2.12. The molecule has 1 heterocycles. The molecule has 2 rings (SSSR count). The Bertz CT molecular complexity index is 668. The number of halogens is 1. The number of rotatable bonds is 4. The normalized spacial score (nSPS) is 13.4. The summed E-state index contributed by atoms with van der Waals surface area (Å²) >= 11 is 0. The molecule has 0 spiro atoms. The van der Waals surface area contributed by atoms with Gasteiger partial charge in [0.15, 0.2) is 0 Å². The Morgan fingerprint density at radius 3 is 2.68 bits per heavy atom. The van der Waals surface area contributed by atoms with Crippen LogP contribution in [0.1, 0.15) is 18.7 Å². The Kier molecular flexibility index (Phi) is 3.59. The maximum atomic E-state index is 13.6. The average molecular weight is 284 g/mol. The predicted molar refractivity (Wildman–Crippen MR) is 68.3 cm³/mol. The number of hydrogen-bond acceptors (Lipinski definition) is 4. The third-order valence-corrected chi connectivity index (χ3v) is 4.12. The van der Waals surface area contributed by atoms with E-state index in [-0.39, 0.29) is 5.69 Å². The fourth-order valence-corrected chi connectivity index (χ4v) is 2.90. The molecule has 1 atom stereocenters. The first-order valence-corrected chi connectivity index (χ1v) is 6.99. The van der Waals surface area contributed by atoms with Crippen LogP contribution in [-0.4, -0.2) is 8.42 Å². The van der Waals surface area contributed by atoms with Gasteiger partial charge in [0.05, 0.1) is 12.3 Å². The maximum absolute atomic E-state index is 13.6. The molecule has 7 heteroatoms. The lowest BCUT2D eigenvalue weighted by atomic mass is 10.3. The van der Waals surface area contributed by atoms with Crippen molar-refractivity contribution in [2.75, 3.05) is 5.73 Å². The molecular weight excluding hydrogens is 271 g/mol. The highest BCUT2D eigenvalue weighted by molar-refractivity contribution is 7.89. The van der Waals surface area contributed by atoms with Gasteiger partial charge in [0.25, 0.3) is 0 Å². The minimum atomic E-state index is -3.97. The maximum Gasteiger partial charge on any atom is 0.244 e. The van der Waals surface area contributed by atoms with Crippen molar-refractivity contribution >= 4 is 15.7 Å². The fourth-order valence-electron chi connectivity index (χ4n) is 1.63. The first kappa shape index (κ1) is 13.6. The summed E-state index contributed by atoms with van der Waals surface area (Å²) in [5, 5.41) is 0. The van der Waals surface area contributed by atoms with E-state index in [2.05, 4.69) is 4.72 Å². The van der Waals surface area contributed by atoms with E-state index < -0.39 is 26.8 Å². The molecule has 1 aromatic heterocycles. The van der Waals surface area contributed by atoms with Gasteiger partial charge in [-0.15, -0.1) is 0 Å². The van der Waals surface area contributed by atoms with Gasteiger partial charge in [-0.3, -0.25) is 0 Å². The van der Waals surface area contributed by atoms with Gasteiger partial charge < -0.3 is 10.2 Å². The second-order valence-corrected chi connectivity index (χ2v) is 5.73. The van der Waals surface area contributed by atoms with Crippen LogP contribution in [0.3, 0.4) is 0 Å². The zero-order chi connectivity index (χ0) is 14.0. The van der Waals surface area contributed by atoms with E-state index in [0.29, 0.717) is 5.76 Å². The number of sulfonamides is 1. The summed E-state index contributed by atoms with van der Waals surface area (Å²) in [5.74, 6) is -0.446. The minimum Gasteiger partial charge on any atom is -0.468 e. The van der Waals surface area contributed by atoms with E-state index in [4.69, 9.17) is 10.2 Å². The summed E-state index contributed by atoms with van der Waals surface area (Å²) < 4.78 is 45.1. The third-order valence-electron chi connectivity index (χ3n) is 2.55. The number of hydrogen-bond donors (Lipinski definition) is 2. The minimum absolute atomic E-state index is 0.163. The second-order valence-electron chi connectivity index (χ2n) is 4.05. The van der Waals surface area contributed by atoms with Crippen LogP contribution in [0.25, 0.3) is 0 Å². The van der Waals surface area contributed by atoms with Crippen LogP contribution in [-0.2, 0) is 10.0 Å². The summed E-state index contributed by atoms with van der Waals surface area (Å²) in [7, 11) is -3.97. The van der Waals surface area contributed by atoms with Crippen molar-refractivity contribution in [2.45, 2.75) is 17.9 Å². The number of nitrogen functional groups attached to an aromatic ring is 1. The van der Waals surface area contributed by atoms with Crippen LogP contribution in [0, 0.1) is 5.82 Å². The van der Waals surface area contributed by atoms with Gasteiger partial charge in [0.1, 0.15) is 16.5 Å². The van der Waals surface area contributed by atoms with E-state index in [1.807, 2.05) is 0 Å². The highest BCUT2D eigenvalue weighted by Crippen LogP contribution is 2.20. The lowest BCUT2D eigenvalue weighted by Crippen LogP contribution is -2.27. The smallest absolute Gasteiger partial charge is 0.244 e. The van der Waals surface area contributed by atoms with Crippen molar-refractivity contribution in [2.24, 2.45) is 0 Å². The van der Waals surface area contributed by atoms with E-state index in [9.17, 15) is 12.8 Å². The number of furan rings is 1. The molecule has 0 saturated carbocycles.